The molecule has 1 heterocycles. The van der Waals surface area contributed by atoms with Gasteiger partial charge in [-0.1, -0.05) is 0 Å². The van der Waals surface area contributed by atoms with Gasteiger partial charge < -0.3 is 21.1 Å². The maximum Gasteiger partial charge on any atom is 0.326 e. The zero-order valence-electron chi connectivity index (χ0n) is 10.3. The number of aromatic nitrogens is 2. The van der Waals surface area contributed by atoms with Crippen LogP contribution in [0.1, 0.15) is 12.0 Å². The molecule has 19 heavy (non-hydrogen) atoms. The molecule has 1 unspecified atom stereocenters. The standard InChI is InChI=1S/C10H15N5O4/c1-15(5-6-3-12-13-4-6)10(19)14-7(9(17)18)2-8(11)16/h3-4,7H,2,5H2,1H3,(H2,11,16)(H,12,13)(H,14,19)(H,17,18). The van der Waals surface area contributed by atoms with E-state index >= 15 is 0 Å². The van der Waals surface area contributed by atoms with Crippen molar-refractivity contribution in [2.45, 2.75) is 19.0 Å². The zero-order valence-corrected chi connectivity index (χ0v) is 10.3. The van der Waals surface area contributed by atoms with Crippen LogP contribution in [0.3, 0.4) is 0 Å². The highest BCUT2D eigenvalue weighted by Crippen LogP contribution is 2.01. The van der Waals surface area contributed by atoms with Crippen LogP contribution < -0.4 is 11.1 Å². The lowest BCUT2D eigenvalue weighted by Crippen LogP contribution is -2.47. The summed E-state index contributed by atoms with van der Waals surface area (Å²) in [7, 11) is 1.49. The van der Waals surface area contributed by atoms with Crippen molar-refractivity contribution in [3.05, 3.63) is 18.0 Å². The first kappa shape index (κ1) is 14.5. The molecule has 0 saturated heterocycles. The smallest absolute Gasteiger partial charge is 0.326 e. The van der Waals surface area contributed by atoms with E-state index in [1.807, 2.05) is 0 Å². The van der Waals surface area contributed by atoms with Gasteiger partial charge in [0.2, 0.25) is 5.91 Å². The SMILES string of the molecule is CN(Cc1cn[nH]c1)C(=O)NC(CC(N)=O)C(=O)O. The molecule has 104 valence electrons. The normalized spacial score (nSPS) is 11.6. The maximum absolute atomic E-state index is 11.7. The number of nitrogens with two attached hydrogens (primary N) is 1. The monoisotopic (exact) mass is 269 g/mol. The second kappa shape index (κ2) is 6.38. The average Bonchev–Trinajstić information content (AvgIpc) is 2.79. The van der Waals surface area contributed by atoms with E-state index in [2.05, 4.69) is 15.5 Å². The van der Waals surface area contributed by atoms with Gasteiger partial charge in [-0.15, -0.1) is 0 Å². The molecule has 1 aromatic rings. The van der Waals surface area contributed by atoms with Gasteiger partial charge >= 0.3 is 12.0 Å². The summed E-state index contributed by atoms with van der Waals surface area (Å²) in [5, 5.41) is 17.4. The highest BCUT2D eigenvalue weighted by atomic mass is 16.4. The number of carboxylic acid groups (broad SMARTS) is 1. The number of amides is 3. The Hall–Kier alpha value is -2.58. The van der Waals surface area contributed by atoms with Gasteiger partial charge in [-0.05, 0) is 0 Å². The van der Waals surface area contributed by atoms with Gasteiger partial charge in [-0.2, -0.15) is 5.10 Å². The van der Waals surface area contributed by atoms with Crippen molar-refractivity contribution in [3.63, 3.8) is 0 Å². The molecule has 0 aliphatic heterocycles. The fraction of sp³-hybridized carbons (Fsp3) is 0.400. The summed E-state index contributed by atoms with van der Waals surface area (Å²) >= 11 is 0. The molecule has 9 nitrogen and oxygen atoms in total. The van der Waals surface area contributed by atoms with E-state index in [9.17, 15) is 14.4 Å². The molecule has 1 aromatic heterocycles. The van der Waals surface area contributed by atoms with Gasteiger partial charge in [0.1, 0.15) is 6.04 Å². The van der Waals surface area contributed by atoms with E-state index in [1.165, 1.54) is 11.9 Å². The number of urea groups is 1. The Morgan fingerprint density at radius 1 is 1.58 bits per heavy atom. The van der Waals surface area contributed by atoms with Crippen LogP contribution in [0.4, 0.5) is 4.79 Å². The largest absolute Gasteiger partial charge is 0.480 e. The maximum atomic E-state index is 11.7. The van der Waals surface area contributed by atoms with Crippen LogP contribution in [0.5, 0.6) is 0 Å². The second-order valence-electron chi connectivity index (χ2n) is 3.97. The highest BCUT2D eigenvalue weighted by Gasteiger charge is 2.23. The summed E-state index contributed by atoms with van der Waals surface area (Å²) in [5.41, 5.74) is 5.68. The Bertz CT molecular complexity index is 458. The van der Waals surface area contributed by atoms with Gasteiger partial charge in [0.25, 0.3) is 0 Å². The lowest BCUT2D eigenvalue weighted by molar-refractivity contribution is -0.140. The van der Waals surface area contributed by atoms with Gasteiger partial charge in [0, 0.05) is 18.8 Å². The molecule has 0 fully saturated rings. The molecule has 0 radical (unpaired) electrons. The number of nitrogens with zero attached hydrogens (tertiary/aromatic N) is 2. The summed E-state index contributed by atoms with van der Waals surface area (Å²) in [6, 6.07) is -1.95. The predicted molar refractivity (Wildman–Crippen MR) is 63.8 cm³/mol. The van der Waals surface area contributed by atoms with Crippen LogP contribution >= 0.6 is 0 Å². The highest BCUT2D eigenvalue weighted by molar-refractivity contribution is 5.87. The molecule has 0 aromatic carbocycles. The van der Waals surface area contributed by atoms with E-state index in [0.717, 1.165) is 5.56 Å². The van der Waals surface area contributed by atoms with Crippen LogP contribution in [-0.4, -0.2) is 51.2 Å². The Morgan fingerprint density at radius 2 is 2.26 bits per heavy atom. The van der Waals surface area contributed by atoms with E-state index in [4.69, 9.17) is 10.8 Å². The Morgan fingerprint density at radius 3 is 2.74 bits per heavy atom. The predicted octanol–water partition coefficient (Wildman–Crippen LogP) is -1.12. The number of primary amides is 1. The molecular weight excluding hydrogens is 254 g/mol. The van der Waals surface area contributed by atoms with Gasteiger partial charge in [-0.25, -0.2) is 9.59 Å². The lowest BCUT2D eigenvalue weighted by atomic mass is 10.2. The summed E-state index contributed by atoms with van der Waals surface area (Å²) < 4.78 is 0. The quantitative estimate of drug-likeness (QED) is 0.517. The van der Waals surface area contributed by atoms with Gasteiger partial charge in [-0.3, -0.25) is 9.89 Å². The fourth-order valence-corrected chi connectivity index (χ4v) is 1.37. The number of carbonyl (C=O) groups excluding carboxylic acids is 2. The average molecular weight is 269 g/mol. The molecule has 5 N–H and O–H groups in total. The van der Waals surface area contributed by atoms with E-state index in [0.29, 0.717) is 0 Å². The number of rotatable bonds is 6. The molecule has 3 amide bonds. The number of nitrogens with one attached hydrogen (secondary N) is 2. The Balaban J connectivity index is 2.56. The third-order valence-corrected chi connectivity index (χ3v) is 2.32. The lowest BCUT2D eigenvalue weighted by Gasteiger charge is -2.20. The second-order valence-corrected chi connectivity index (χ2v) is 3.97. The topological polar surface area (TPSA) is 141 Å². The molecule has 0 aliphatic rings. The molecule has 9 heteroatoms. The zero-order chi connectivity index (χ0) is 14.4. The molecule has 1 rings (SSSR count). The summed E-state index contributed by atoms with van der Waals surface area (Å²) in [4.78, 5) is 34.6. The first-order valence-electron chi connectivity index (χ1n) is 5.40. The first-order chi connectivity index (χ1) is 8.90. The third kappa shape index (κ3) is 4.66. The molecule has 0 saturated carbocycles. The van der Waals surface area contributed by atoms with Crippen molar-refractivity contribution in [1.82, 2.24) is 20.4 Å². The first-order valence-corrected chi connectivity index (χ1v) is 5.40. The number of hydrogen-bond acceptors (Lipinski definition) is 4. The number of carboxylic acids is 1. The van der Waals surface area contributed by atoms with E-state index in [1.54, 1.807) is 12.4 Å². The number of H-pyrrole nitrogens is 1. The van der Waals surface area contributed by atoms with E-state index in [-0.39, 0.29) is 6.54 Å². The van der Waals surface area contributed by atoms with Crippen LogP contribution in [-0.2, 0) is 16.1 Å². The van der Waals surface area contributed by atoms with Crippen LogP contribution in [0.15, 0.2) is 12.4 Å². The summed E-state index contributed by atoms with van der Waals surface area (Å²) in [6.07, 6.45) is 2.70. The minimum absolute atomic E-state index is 0.255. The molecule has 0 spiro atoms. The molecule has 0 aliphatic carbocycles. The van der Waals surface area contributed by atoms with Crippen molar-refractivity contribution >= 4 is 17.9 Å². The van der Waals surface area contributed by atoms with Crippen molar-refractivity contribution in [3.8, 4) is 0 Å². The van der Waals surface area contributed by atoms with Crippen LogP contribution in [0.2, 0.25) is 0 Å². The van der Waals surface area contributed by atoms with Crippen LogP contribution in [0, 0.1) is 0 Å². The van der Waals surface area contributed by atoms with Gasteiger partial charge in [0.15, 0.2) is 0 Å². The molecule has 1 atom stereocenters. The summed E-state index contributed by atoms with van der Waals surface area (Å²) in [5.74, 6) is -2.12. The van der Waals surface area contributed by atoms with Gasteiger partial charge in [0.05, 0.1) is 19.2 Å². The van der Waals surface area contributed by atoms with Crippen molar-refractivity contribution in [2.24, 2.45) is 5.73 Å². The Kier molecular flexibility index (Phi) is 4.86. The van der Waals surface area contributed by atoms with Crippen molar-refractivity contribution in [2.75, 3.05) is 7.05 Å². The minimum atomic E-state index is -1.34. The number of aromatic amines is 1. The number of hydrogen-bond donors (Lipinski definition) is 4. The molecule has 0 bridgehead atoms. The number of aliphatic carboxylic acids is 1. The fourth-order valence-electron chi connectivity index (χ4n) is 1.37. The van der Waals surface area contributed by atoms with Crippen molar-refractivity contribution in [1.29, 1.82) is 0 Å². The van der Waals surface area contributed by atoms with Crippen molar-refractivity contribution < 1.29 is 19.5 Å². The summed E-state index contributed by atoms with van der Waals surface area (Å²) in [6.45, 7) is 0.255. The van der Waals surface area contributed by atoms with Crippen LogP contribution in [0.25, 0.3) is 0 Å². The Labute approximate surface area is 108 Å². The van der Waals surface area contributed by atoms with E-state index < -0.39 is 30.4 Å². The number of carbonyl (C=O) groups is 3. The minimum Gasteiger partial charge on any atom is -0.480 e. The molecular formula is C10H15N5O4. The third-order valence-electron chi connectivity index (χ3n) is 2.32.